The first-order valence-electron chi connectivity index (χ1n) is 4.82. The topological polar surface area (TPSA) is 62.4 Å². The maximum Gasteiger partial charge on any atom is 0.0606 e. The number of hydrogen-bond acceptors (Lipinski definition) is 4. The van der Waals surface area contributed by atoms with Gasteiger partial charge in [0.05, 0.1) is 12.3 Å². The predicted octanol–water partition coefficient (Wildman–Crippen LogP) is 0.359. The first kappa shape index (κ1) is 10.9. The van der Waals surface area contributed by atoms with E-state index in [9.17, 15) is 0 Å². The molecule has 1 aromatic heterocycles. The summed E-state index contributed by atoms with van der Waals surface area (Å²) in [5.74, 6) is 0. The maximum atomic E-state index is 8.87. The van der Waals surface area contributed by atoms with Gasteiger partial charge in [0.2, 0.25) is 0 Å². The standard InChI is InChI=1S/C10H17N3O/c1-2-13(5-6-14)10-3-4-12-9(7-10)8-11/h3-4,7,14H,2,5-6,8,11H2,1H3. The molecule has 0 aliphatic rings. The largest absolute Gasteiger partial charge is 0.395 e. The number of aliphatic hydroxyl groups excluding tert-OH is 1. The number of aromatic nitrogens is 1. The SMILES string of the molecule is CCN(CCO)c1ccnc(CN)c1. The fourth-order valence-corrected chi connectivity index (χ4v) is 1.36. The Labute approximate surface area is 84.4 Å². The molecule has 0 unspecified atom stereocenters. The number of anilines is 1. The molecule has 0 spiro atoms. The number of likely N-dealkylation sites (N-methyl/N-ethyl adjacent to an activating group) is 1. The van der Waals surface area contributed by atoms with Gasteiger partial charge in [-0.25, -0.2) is 0 Å². The van der Waals surface area contributed by atoms with Crippen LogP contribution in [0.25, 0.3) is 0 Å². The average molecular weight is 195 g/mol. The number of aliphatic hydroxyl groups is 1. The summed E-state index contributed by atoms with van der Waals surface area (Å²) in [6.45, 7) is 4.18. The molecule has 0 saturated carbocycles. The van der Waals surface area contributed by atoms with Crippen molar-refractivity contribution < 1.29 is 5.11 Å². The highest BCUT2D eigenvalue weighted by atomic mass is 16.3. The Hall–Kier alpha value is -1.13. The quantitative estimate of drug-likeness (QED) is 0.712. The fraction of sp³-hybridized carbons (Fsp3) is 0.500. The second kappa shape index (κ2) is 5.57. The van der Waals surface area contributed by atoms with Crippen molar-refractivity contribution in [3.8, 4) is 0 Å². The summed E-state index contributed by atoms with van der Waals surface area (Å²) in [6.07, 6.45) is 1.75. The van der Waals surface area contributed by atoms with Crippen LogP contribution in [0.15, 0.2) is 18.3 Å². The molecule has 0 saturated heterocycles. The molecular weight excluding hydrogens is 178 g/mol. The van der Waals surface area contributed by atoms with Crippen molar-refractivity contribution in [1.82, 2.24) is 4.98 Å². The summed E-state index contributed by atoms with van der Waals surface area (Å²) in [7, 11) is 0. The lowest BCUT2D eigenvalue weighted by molar-refractivity contribution is 0.302. The Morgan fingerprint density at radius 2 is 2.36 bits per heavy atom. The molecule has 0 amide bonds. The molecule has 1 heterocycles. The molecule has 0 radical (unpaired) electrons. The first-order valence-corrected chi connectivity index (χ1v) is 4.82. The molecule has 3 N–H and O–H groups in total. The van der Waals surface area contributed by atoms with Gasteiger partial charge in [0.15, 0.2) is 0 Å². The number of rotatable bonds is 5. The van der Waals surface area contributed by atoms with Gasteiger partial charge >= 0.3 is 0 Å². The summed E-state index contributed by atoms with van der Waals surface area (Å²) in [4.78, 5) is 6.20. The van der Waals surface area contributed by atoms with E-state index in [4.69, 9.17) is 10.8 Å². The second-order valence-electron chi connectivity index (χ2n) is 3.01. The Kier molecular flexibility index (Phi) is 4.35. The van der Waals surface area contributed by atoms with Crippen molar-refractivity contribution in [3.05, 3.63) is 24.0 Å². The van der Waals surface area contributed by atoms with Crippen molar-refractivity contribution in [2.75, 3.05) is 24.6 Å². The number of pyridine rings is 1. The van der Waals surface area contributed by atoms with Gasteiger partial charge in [-0.15, -0.1) is 0 Å². The molecular formula is C10H17N3O. The van der Waals surface area contributed by atoms with Crippen LogP contribution in [0, 0.1) is 0 Å². The van der Waals surface area contributed by atoms with E-state index >= 15 is 0 Å². The van der Waals surface area contributed by atoms with Gasteiger partial charge in [-0.1, -0.05) is 0 Å². The van der Waals surface area contributed by atoms with Gasteiger partial charge in [-0.3, -0.25) is 4.98 Å². The van der Waals surface area contributed by atoms with Crippen molar-refractivity contribution in [2.45, 2.75) is 13.5 Å². The normalized spacial score (nSPS) is 10.2. The summed E-state index contributed by atoms with van der Waals surface area (Å²) >= 11 is 0. The molecule has 0 fully saturated rings. The second-order valence-corrected chi connectivity index (χ2v) is 3.01. The highest BCUT2D eigenvalue weighted by molar-refractivity contribution is 5.46. The minimum Gasteiger partial charge on any atom is -0.395 e. The van der Waals surface area contributed by atoms with Gasteiger partial charge in [0, 0.05) is 31.5 Å². The van der Waals surface area contributed by atoms with Crippen LogP contribution < -0.4 is 10.6 Å². The molecule has 0 aromatic carbocycles. The highest BCUT2D eigenvalue weighted by Gasteiger charge is 2.03. The Morgan fingerprint density at radius 1 is 1.57 bits per heavy atom. The summed E-state index contributed by atoms with van der Waals surface area (Å²) in [5.41, 5.74) is 7.44. The molecule has 0 atom stereocenters. The zero-order valence-corrected chi connectivity index (χ0v) is 8.48. The van der Waals surface area contributed by atoms with E-state index in [1.807, 2.05) is 12.1 Å². The predicted molar refractivity (Wildman–Crippen MR) is 57.1 cm³/mol. The van der Waals surface area contributed by atoms with E-state index < -0.39 is 0 Å². The lowest BCUT2D eigenvalue weighted by Crippen LogP contribution is -2.26. The van der Waals surface area contributed by atoms with E-state index in [0.29, 0.717) is 13.1 Å². The lowest BCUT2D eigenvalue weighted by atomic mass is 10.3. The molecule has 0 bridgehead atoms. The van der Waals surface area contributed by atoms with Crippen LogP contribution in [0.5, 0.6) is 0 Å². The van der Waals surface area contributed by atoms with Gasteiger partial charge in [0.1, 0.15) is 0 Å². The minimum absolute atomic E-state index is 0.161. The monoisotopic (exact) mass is 195 g/mol. The van der Waals surface area contributed by atoms with Gasteiger partial charge in [-0.2, -0.15) is 0 Å². The van der Waals surface area contributed by atoms with Crippen LogP contribution in [0.2, 0.25) is 0 Å². The summed E-state index contributed by atoms with van der Waals surface area (Å²) in [5, 5.41) is 8.87. The number of nitrogens with zero attached hydrogens (tertiary/aromatic N) is 2. The minimum atomic E-state index is 0.161. The number of nitrogens with two attached hydrogens (primary N) is 1. The fourth-order valence-electron chi connectivity index (χ4n) is 1.36. The summed E-state index contributed by atoms with van der Waals surface area (Å²) < 4.78 is 0. The maximum absolute atomic E-state index is 8.87. The van der Waals surface area contributed by atoms with Crippen LogP contribution in [-0.4, -0.2) is 29.8 Å². The molecule has 14 heavy (non-hydrogen) atoms. The van der Waals surface area contributed by atoms with E-state index in [1.165, 1.54) is 0 Å². The Morgan fingerprint density at radius 3 is 2.93 bits per heavy atom. The van der Waals surface area contributed by atoms with Gasteiger partial charge in [-0.05, 0) is 19.1 Å². The van der Waals surface area contributed by atoms with Crippen LogP contribution in [0.3, 0.4) is 0 Å². The van der Waals surface area contributed by atoms with Gasteiger partial charge in [0.25, 0.3) is 0 Å². The zero-order valence-electron chi connectivity index (χ0n) is 8.48. The molecule has 78 valence electrons. The Balaban J connectivity index is 2.80. The third-order valence-corrected chi connectivity index (χ3v) is 2.13. The van der Waals surface area contributed by atoms with Crippen LogP contribution >= 0.6 is 0 Å². The third-order valence-electron chi connectivity index (χ3n) is 2.13. The molecule has 1 rings (SSSR count). The molecule has 4 heteroatoms. The van der Waals surface area contributed by atoms with Crippen molar-refractivity contribution >= 4 is 5.69 Å². The van der Waals surface area contributed by atoms with Crippen molar-refractivity contribution in [3.63, 3.8) is 0 Å². The van der Waals surface area contributed by atoms with Crippen LogP contribution in [0.1, 0.15) is 12.6 Å². The number of hydrogen-bond donors (Lipinski definition) is 2. The third kappa shape index (κ3) is 2.68. The Bertz CT molecular complexity index is 278. The molecule has 1 aromatic rings. The zero-order chi connectivity index (χ0) is 10.4. The van der Waals surface area contributed by atoms with E-state index in [0.717, 1.165) is 17.9 Å². The molecule has 0 aliphatic carbocycles. The average Bonchev–Trinajstić information content (AvgIpc) is 2.26. The van der Waals surface area contributed by atoms with E-state index in [2.05, 4.69) is 16.8 Å². The van der Waals surface area contributed by atoms with Crippen molar-refractivity contribution in [1.29, 1.82) is 0 Å². The van der Waals surface area contributed by atoms with Gasteiger partial charge < -0.3 is 15.7 Å². The van der Waals surface area contributed by atoms with Crippen LogP contribution in [0.4, 0.5) is 5.69 Å². The van der Waals surface area contributed by atoms with E-state index in [1.54, 1.807) is 6.20 Å². The molecule has 0 aliphatic heterocycles. The smallest absolute Gasteiger partial charge is 0.0606 e. The first-order chi connectivity index (χ1) is 6.81. The highest BCUT2D eigenvalue weighted by Crippen LogP contribution is 2.13. The van der Waals surface area contributed by atoms with Crippen molar-refractivity contribution in [2.24, 2.45) is 5.73 Å². The van der Waals surface area contributed by atoms with E-state index in [-0.39, 0.29) is 6.61 Å². The van der Waals surface area contributed by atoms with Crippen LogP contribution in [-0.2, 0) is 6.54 Å². The molecule has 4 nitrogen and oxygen atoms in total. The summed E-state index contributed by atoms with van der Waals surface area (Å²) in [6, 6.07) is 3.89. The lowest BCUT2D eigenvalue weighted by Gasteiger charge is -2.22.